The highest BCUT2D eigenvalue weighted by atomic mass is 32.2. The molecule has 0 amide bonds. The molecule has 2 aromatic carbocycles. The normalized spacial score (nSPS) is 14.8. The highest BCUT2D eigenvalue weighted by Gasteiger charge is 2.24. The van der Waals surface area contributed by atoms with Gasteiger partial charge in [0, 0.05) is 11.4 Å². The quantitative estimate of drug-likeness (QED) is 0.673. The van der Waals surface area contributed by atoms with Crippen molar-refractivity contribution >= 4 is 27.7 Å². The van der Waals surface area contributed by atoms with Gasteiger partial charge in [0.25, 0.3) is 0 Å². The lowest BCUT2D eigenvalue weighted by atomic mass is 10.0. The number of benzene rings is 2. The van der Waals surface area contributed by atoms with Gasteiger partial charge >= 0.3 is 0 Å². The monoisotopic (exact) mass is 364 g/mol. The molecule has 26 heavy (non-hydrogen) atoms. The Morgan fingerprint density at radius 2 is 1.88 bits per heavy atom. The largest absolute Gasteiger partial charge is 0.379 e. The molecular weight excluding hydrogens is 348 g/mol. The molecular formula is C19H16N4O2S. The number of fused-ring (bicyclic) bond motifs is 1. The van der Waals surface area contributed by atoms with Gasteiger partial charge in [-0.1, -0.05) is 30.3 Å². The Bertz CT molecular complexity index is 1040. The van der Waals surface area contributed by atoms with Gasteiger partial charge < -0.3 is 9.87 Å². The molecule has 3 aromatic rings. The summed E-state index contributed by atoms with van der Waals surface area (Å²) < 4.78 is 19.9. The first-order chi connectivity index (χ1) is 12.6. The summed E-state index contributed by atoms with van der Waals surface area (Å²) in [4.78, 5) is 0. The van der Waals surface area contributed by atoms with E-state index in [2.05, 4.69) is 21.6 Å². The van der Waals surface area contributed by atoms with Crippen molar-refractivity contribution in [1.82, 2.24) is 10.2 Å². The van der Waals surface area contributed by atoms with Gasteiger partial charge in [-0.05, 0) is 41.7 Å². The van der Waals surface area contributed by atoms with E-state index in [1.54, 1.807) is 0 Å². The van der Waals surface area contributed by atoms with Gasteiger partial charge in [-0.3, -0.25) is 0 Å². The number of anilines is 1. The van der Waals surface area contributed by atoms with E-state index in [4.69, 9.17) is 4.55 Å². The fourth-order valence-corrected chi connectivity index (χ4v) is 3.36. The van der Waals surface area contributed by atoms with E-state index in [0.29, 0.717) is 11.7 Å². The van der Waals surface area contributed by atoms with Crippen LogP contribution in [0.3, 0.4) is 0 Å². The predicted molar refractivity (Wildman–Crippen MR) is 101 cm³/mol. The van der Waals surface area contributed by atoms with E-state index in [9.17, 15) is 9.47 Å². The van der Waals surface area contributed by atoms with Crippen molar-refractivity contribution in [3.05, 3.63) is 53.7 Å². The predicted octanol–water partition coefficient (Wildman–Crippen LogP) is 3.46. The maximum Gasteiger partial charge on any atom is 0.186 e. The summed E-state index contributed by atoms with van der Waals surface area (Å²) in [6, 6.07) is 15.9. The van der Waals surface area contributed by atoms with E-state index in [1.165, 1.54) is 0 Å². The minimum atomic E-state index is -1.84. The molecule has 1 saturated carbocycles. The van der Waals surface area contributed by atoms with Crippen molar-refractivity contribution in [3.63, 3.8) is 0 Å². The fraction of sp³-hybridized carbons (Fsp3) is 0.211. The third-order valence-electron chi connectivity index (χ3n) is 4.37. The van der Waals surface area contributed by atoms with Crippen LogP contribution in [0, 0.1) is 11.3 Å². The van der Waals surface area contributed by atoms with Crippen LogP contribution in [-0.2, 0) is 16.8 Å². The van der Waals surface area contributed by atoms with E-state index in [-0.39, 0.29) is 5.75 Å². The van der Waals surface area contributed by atoms with Gasteiger partial charge in [0.05, 0.1) is 17.0 Å². The number of nitriles is 1. The SMILES string of the molecule is N#Cc1nnc2cc(-c3ccc(CS(=O)O)cc3)ccc2c1NC1CC1. The Kier molecular flexibility index (Phi) is 4.37. The Hall–Kier alpha value is -2.82. The van der Waals surface area contributed by atoms with Crippen LogP contribution in [0.5, 0.6) is 0 Å². The van der Waals surface area contributed by atoms with E-state index in [1.807, 2.05) is 42.5 Å². The molecule has 0 aliphatic heterocycles. The number of rotatable bonds is 5. The van der Waals surface area contributed by atoms with Crippen LogP contribution in [-0.4, -0.2) is 25.0 Å². The fourth-order valence-electron chi connectivity index (χ4n) is 2.88. The summed E-state index contributed by atoms with van der Waals surface area (Å²) in [6.07, 6.45) is 2.22. The molecule has 0 spiro atoms. The molecule has 1 aliphatic carbocycles. The van der Waals surface area contributed by atoms with Crippen LogP contribution in [0.1, 0.15) is 24.1 Å². The molecule has 130 valence electrons. The van der Waals surface area contributed by atoms with E-state index >= 15 is 0 Å². The molecule has 1 heterocycles. The lowest BCUT2D eigenvalue weighted by Crippen LogP contribution is -2.06. The lowest BCUT2D eigenvalue weighted by molar-refractivity contribution is 0.563. The van der Waals surface area contributed by atoms with Gasteiger partial charge in [-0.2, -0.15) is 5.26 Å². The minimum absolute atomic E-state index is 0.122. The first-order valence-corrected chi connectivity index (χ1v) is 9.55. The molecule has 0 bridgehead atoms. The van der Waals surface area contributed by atoms with Crippen molar-refractivity contribution in [2.75, 3.05) is 5.32 Å². The summed E-state index contributed by atoms with van der Waals surface area (Å²) in [5.74, 6) is 0.122. The molecule has 1 fully saturated rings. The number of nitrogens with zero attached hydrogens (tertiary/aromatic N) is 3. The van der Waals surface area contributed by atoms with Crippen LogP contribution in [0.15, 0.2) is 42.5 Å². The molecule has 0 radical (unpaired) electrons. The third-order valence-corrected chi connectivity index (χ3v) is 4.95. The van der Waals surface area contributed by atoms with Crippen LogP contribution in [0.4, 0.5) is 5.69 Å². The second kappa shape index (κ2) is 6.83. The van der Waals surface area contributed by atoms with Crippen molar-refractivity contribution in [2.24, 2.45) is 0 Å². The van der Waals surface area contributed by atoms with Gasteiger partial charge in [0.15, 0.2) is 16.8 Å². The first-order valence-electron chi connectivity index (χ1n) is 8.28. The Labute approximate surface area is 153 Å². The van der Waals surface area contributed by atoms with E-state index in [0.717, 1.165) is 46.1 Å². The maximum atomic E-state index is 10.9. The molecule has 6 nitrogen and oxygen atoms in total. The average molecular weight is 364 g/mol. The topological polar surface area (TPSA) is 98.9 Å². The smallest absolute Gasteiger partial charge is 0.186 e. The molecule has 1 unspecified atom stereocenters. The molecule has 1 aliphatic rings. The number of aromatic nitrogens is 2. The van der Waals surface area contributed by atoms with Gasteiger partial charge in [-0.15, -0.1) is 10.2 Å². The van der Waals surface area contributed by atoms with Crippen LogP contribution in [0.25, 0.3) is 22.0 Å². The second-order valence-corrected chi connectivity index (χ2v) is 7.28. The molecule has 4 rings (SSSR count). The zero-order valence-electron chi connectivity index (χ0n) is 13.8. The number of hydrogen-bond donors (Lipinski definition) is 2. The van der Waals surface area contributed by atoms with Crippen molar-refractivity contribution in [2.45, 2.75) is 24.6 Å². The van der Waals surface area contributed by atoms with Gasteiger partial charge in [0.2, 0.25) is 0 Å². The van der Waals surface area contributed by atoms with Crippen LogP contribution in [0.2, 0.25) is 0 Å². The summed E-state index contributed by atoms with van der Waals surface area (Å²) in [5.41, 5.74) is 4.58. The zero-order valence-corrected chi connectivity index (χ0v) is 14.7. The van der Waals surface area contributed by atoms with Crippen LogP contribution < -0.4 is 5.32 Å². The summed E-state index contributed by atoms with van der Waals surface area (Å²) >= 11 is -1.84. The number of hydrogen-bond acceptors (Lipinski definition) is 5. The highest BCUT2D eigenvalue weighted by molar-refractivity contribution is 7.78. The zero-order chi connectivity index (χ0) is 18.1. The Morgan fingerprint density at radius 3 is 2.54 bits per heavy atom. The molecule has 7 heteroatoms. The lowest BCUT2D eigenvalue weighted by Gasteiger charge is -2.11. The molecule has 0 saturated heterocycles. The molecule has 1 atom stereocenters. The third kappa shape index (κ3) is 3.43. The molecule has 1 aromatic heterocycles. The highest BCUT2D eigenvalue weighted by Crippen LogP contribution is 2.32. The van der Waals surface area contributed by atoms with Crippen molar-refractivity contribution < 1.29 is 8.76 Å². The maximum absolute atomic E-state index is 10.9. The van der Waals surface area contributed by atoms with Gasteiger partial charge in [0.1, 0.15) is 6.07 Å². The standard InChI is InChI=1S/C19H16N4O2S/c20-10-18-19(21-15-6-7-15)16-8-5-14(9-17(16)22-23-18)13-3-1-12(2-4-13)11-26(24)25/h1-5,8-9,15H,6-7,11H2,(H,21,22)(H,24,25). The average Bonchev–Trinajstić information content (AvgIpc) is 3.46. The molecule has 2 N–H and O–H groups in total. The van der Waals surface area contributed by atoms with Crippen molar-refractivity contribution in [3.8, 4) is 17.2 Å². The van der Waals surface area contributed by atoms with Crippen molar-refractivity contribution in [1.29, 1.82) is 5.26 Å². The minimum Gasteiger partial charge on any atom is -0.379 e. The van der Waals surface area contributed by atoms with Crippen LogP contribution >= 0.6 is 0 Å². The van der Waals surface area contributed by atoms with E-state index < -0.39 is 11.1 Å². The summed E-state index contributed by atoms with van der Waals surface area (Å²) in [7, 11) is 0. The van der Waals surface area contributed by atoms with Gasteiger partial charge in [-0.25, -0.2) is 4.21 Å². The summed E-state index contributed by atoms with van der Waals surface area (Å²) in [5, 5.41) is 21.8. The summed E-state index contributed by atoms with van der Waals surface area (Å²) in [6.45, 7) is 0. The Balaban J connectivity index is 1.71. The second-order valence-electron chi connectivity index (χ2n) is 6.35. The first kappa shape index (κ1) is 16.6. The Morgan fingerprint density at radius 1 is 1.15 bits per heavy atom. The number of nitrogens with one attached hydrogen (secondary N) is 1.